The molecule has 8 heteroatoms. The van der Waals surface area contributed by atoms with Gasteiger partial charge in [-0.05, 0) is 54.6 Å². The van der Waals surface area contributed by atoms with E-state index in [1.54, 1.807) is 11.3 Å². The Labute approximate surface area is 200 Å². The van der Waals surface area contributed by atoms with Crippen molar-refractivity contribution in [3.8, 4) is 11.4 Å². The van der Waals surface area contributed by atoms with Crippen molar-refractivity contribution < 1.29 is 4.79 Å². The number of benzene rings is 2. The first-order valence-electron chi connectivity index (χ1n) is 10.3. The summed E-state index contributed by atoms with van der Waals surface area (Å²) < 4.78 is 2.05. The van der Waals surface area contributed by atoms with Crippen molar-refractivity contribution in [2.75, 3.05) is 6.54 Å². The summed E-state index contributed by atoms with van der Waals surface area (Å²) in [6.07, 6.45) is 0.839. The molecule has 0 aliphatic rings. The van der Waals surface area contributed by atoms with Gasteiger partial charge in [0.15, 0.2) is 11.0 Å². The van der Waals surface area contributed by atoms with Crippen molar-refractivity contribution in [3.05, 3.63) is 87.6 Å². The van der Waals surface area contributed by atoms with E-state index in [0.29, 0.717) is 23.3 Å². The Morgan fingerprint density at radius 3 is 2.59 bits per heavy atom. The van der Waals surface area contributed by atoms with Gasteiger partial charge in [0.1, 0.15) is 0 Å². The summed E-state index contributed by atoms with van der Waals surface area (Å²) >= 11 is 9.18. The highest BCUT2D eigenvalue weighted by Gasteiger charge is 2.21. The van der Waals surface area contributed by atoms with Gasteiger partial charge < -0.3 is 5.32 Å². The standard InChI is InChI=1S/C24H23ClN4OS2/c1-17(23(30)26-14-13-21-8-5-15-31-21)32-24-28-27-22(19-9-11-20(25)12-10-19)29(24)16-18-6-3-2-4-7-18/h2-12,15,17H,13-14,16H2,1H3,(H,26,30). The van der Waals surface area contributed by atoms with Gasteiger partial charge in [-0.3, -0.25) is 9.36 Å². The number of halogens is 1. The zero-order valence-electron chi connectivity index (χ0n) is 17.6. The fourth-order valence-corrected chi connectivity index (χ4v) is 4.92. The number of rotatable bonds is 9. The van der Waals surface area contributed by atoms with Gasteiger partial charge in [-0.25, -0.2) is 0 Å². The summed E-state index contributed by atoms with van der Waals surface area (Å²) in [5.74, 6) is 0.743. The Morgan fingerprint density at radius 2 is 1.88 bits per heavy atom. The van der Waals surface area contributed by atoms with Crippen molar-refractivity contribution >= 4 is 40.6 Å². The topological polar surface area (TPSA) is 59.8 Å². The van der Waals surface area contributed by atoms with Crippen molar-refractivity contribution in [2.24, 2.45) is 0 Å². The second-order valence-corrected chi connectivity index (χ2v) is 10.0. The van der Waals surface area contributed by atoms with E-state index in [1.165, 1.54) is 16.6 Å². The van der Waals surface area contributed by atoms with E-state index >= 15 is 0 Å². The van der Waals surface area contributed by atoms with Crippen molar-refractivity contribution in [1.29, 1.82) is 0 Å². The molecule has 1 amide bonds. The molecule has 0 aliphatic carbocycles. The number of amides is 1. The number of carbonyl (C=O) groups excluding carboxylic acids is 1. The van der Waals surface area contributed by atoms with Crippen molar-refractivity contribution in [1.82, 2.24) is 20.1 Å². The molecule has 5 nitrogen and oxygen atoms in total. The Hall–Kier alpha value is -2.61. The molecule has 164 valence electrons. The summed E-state index contributed by atoms with van der Waals surface area (Å²) in [5.41, 5.74) is 2.06. The number of hydrogen-bond acceptors (Lipinski definition) is 5. The summed E-state index contributed by atoms with van der Waals surface area (Å²) in [4.78, 5) is 13.9. The Bertz CT molecular complexity index is 1140. The summed E-state index contributed by atoms with van der Waals surface area (Å²) in [6, 6.07) is 21.8. The molecule has 32 heavy (non-hydrogen) atoms. The average Bonchev–Trinajstić information content (AvgIpc) is 3.46. The van der Waals surface area contributed by atoms with Crippen LogP contribution in [-0.2, 0) is 17.8 Å². The normalized spacial score (nSPS) is 11.9. The van der Waals surface area contributed by atoms with Gasteiger partial charge in [0.05, 0.1) is 11.8 Å². The number of nitrogens with zero attached hydrogens (tertiary/aromatic N) is 3. The minimum absolute atomic E-state index is 0.00569. The summed E-state index contributed by atoms with van der Waals surface area (Å²) in [7, 11) is 0. The highest BCUT2D eigenvalue weighted by atomic mass is 35.5. The lowest BCUT2D eigenvalue weighted by Crippen LogP contribution is -2.32. The van der Waals surface area contributed by atoms with Crippen LogP contribution in [0.25, 0.3) is 11.4 Å². The van der Waals surface area contributed by atoms with E-state index in [9.17, 15) is 4.79 Å². The van der Waals surface area contributed by atoms with Crippen LogP contribution in [0, 0.1) is 0 Å². The molecule has 0 fully saturated rings. The SMILES string of the molecule is CC(Sc1nnc(-c2ccc(Cl)cc2)n1Cc1ccccc1)C(=O)NCCc1cccs1. The molecule has 0 saturated heterocycles. The number of thiophene rings is 1. The highest BCUT2D eigenvalue weighted by Crippen LogP contribution is 2.28. The van der Waals surface area contributed by atoms with Crippen molar-refractivity contribution in [2.45, 2.75) is 30.3 Å². The zero-order chi connectivity index (χ0) is 22.3. The third kappa shape index (κ3) is 5.79. The van der Waals surface area contributed by atoms with Crippen LogP contribution in [0.1, 0.15) is 17.4 Å². The maximum atomic E-state index is 12.7. The van der Waals surface area contributed by atoms with E-state index < -0.39 is 0 Å². The van der Waals surface area contributed by atoms with E-state index in [4.69, 9.17) is 11.6 Å². The average molecular weight is 483 g/mol. The highest BCUT2D eigenvalue weighted by molar-refractivity contribution is 8.00. The fourth-order valence-electron chi connectivity index (χ4n) is 3.22. The molecule has 1 N–H and O–H groups in total. The van der Waals surface area contributed by atoms with Crippen LogP contribution in [0.2, 0.25) is 5.02 Å². The quantitative estimate of drug-likeness (QED) is 0.318. The van der Waals surface area contributed by atoms with Crippen LogP contribution >= 0.6 is 34.7 Å². The van der Waals surface area contributed by atoms with E-state index in [0.717, 1.165) is 23.4 Å². The molecule has 1 atom stereocenters. The maximum Gasteiger partial charge on any atom is 0.233 e. The van der Waals surface area contributed by atoms with Crippen LogP contribution in [0.3, 0.4) is 0 Å². The minimum atomic E-state index is -0.296. The molecule has 0 spiro atoms. The predicted octanol–water partition coefficient (Wildman–Crippen LogP) is 5.55. The van der Waals surface area contributed by atoms with E-state index in [2.05, 4.69) is 38.3 Å². The van der Waals surface area contributed by atoms with E-state index in [-0.39, 0.29) is 11.2 Å². The zero-order valence-corrected chi connectivity index (χ0v) is 20.0. The van der Waals surface area contributed by atoms with Gasteiger partial charge in [-0.1, -0.05) is 59.8 Å². The van der Waals surface area contributed by atoms with Crippen molar-refractivity contribution in [3.63, 3.8) is 0 Å². The Kier molecular flexibility index (Phi) is 7.63. The van der Waals surface area contributed by atoms with Crippen LogP contribution in [0.4, 0.5) is 0 Å². The molecule has 0 saturated carbocycles. The van der Waals surface area contributed by atoms with Crippen LogP contribution < -0.4 is 5.32 Å². The second kappa shape index (κ2) is 10.8. The lowest BCUT2D eigenvalue weighted by atomic mass is 10.2. The van der Waals surface area contributed by atoms with Gasteiger partial charge in [0.25, 0.3) is 0 Å². The third-order valence-corrected chi connectivity index (χ3v) is 7.17. The number of aromatic nitrogens is 3. The van der Waals surface area contributed by atoms with Crippen LogP contribution in [-0.4, -0.2) is 32.5 Å². The number of hydrogen-bond donors (Lipinski definition) is 1. The first kappa shape index (κ1) is 22.6. The minimum Gasteiger partial charge on any atom is -0.355 e. The van der Waals surface area contributed by atoms with Gasteiger partial charge in [-0.15, -0.1) is 21.5 Å². The first-order valence-corrected chi connectivity index (χ1v) is 12.4. The lowest BCUT2D eigenvalue weighted by Gasteiger charge is -2.14. The molecule has 0 aliphatic heterocycles. The monoisotopic (exact) mass is 482 g/mol. The number of thioether (sulfide) groups is 1. The first-order chi connectivity index (χ1) is 15.6. The fraction of sp³-hybridized carbons (Fsp3) is 0.208. The molecule has 2 aromatic heterocycles. The Balaban J connectivity index is 1.50. The van der Waals surface area contributed by atoms with Gasteiger partial charge in [0.2, 0.25) is 5.91 Å². The molecular weight excluding hydrogens is 460 g/mol. The molecule has 0 bridgehead atoms. The third-order valence-electron chi connectivity index (χ3n) is 4.90. The second-order valence-electron chi connectivity index (χ2n) is 7.27. The molecule has 2 heterocycles. The van der Waals surface area contributed by atoms with Crippen LogP contribution in [0.15, 0.2) is 77.3 Å². The lowest BCUT2D eigenvalue weighted by molar-refractivity contribution is -0.120. The molecule has 4 rings (SSSR count). The molecular formula is C24H23ClN4OS2. The summed E-state index contributed by atoms with van der Waals surface area (Å²) in [5, 5.41) is 15.0. The number of nitrogens with one attached hydrogen (secondary N) is 1. The summed E-state index contributed by atoms with van der Waals surface area (Å²) in [6.45, 7) is 3.13. The number of carbonyl (C=O) groups is 1. The Morgan fingerprint density at radius 1 is 1.09 bits per heavy atom. The van der Waals surface area contributed by atoms with Crippen LogP contribution in [0.5, 0.6) is 0 Å². The predicted molar refractivity (Wildman–Crippen MR) is 132 cm³/mol. The van der Waals surface area contributed by atoms with E-state index in [1.807, 2.05) is 60.8 Å². The van der Waals surface area contributed by atoms with Gasteiger partial charge in [-0.2, -0.15) is 0 Å². The molecule has 0 radical (unpaired) electrons. The smallest absolute Gasteiger partial charge is 0.233 e. The largest absolute Gasteiger partial charge is 0.355 e. The molecule has 4 aromatic rings. The molecule has 2 aromatic carbocycles. The van der Waals surface area contributed by atoms with Gasteiger partial charge >= 0.3 is 0 Å². The van der Waals surface area contributed by atoms with Gasteiger partial charge in [0, 0.05) is 22.0 Å². The molecule has 1 unspecified atom stereocenters. The maximum absolute atomic E-state index is 12.7.